The van der Waals surface area contributed by atoms with Gasteiger partial charge in [-0.15, -0.1) is 0 Å². The van der Waals surface area contributed by atoms with Gasteiger partial charge in [0.25, 0.3) is 0 Å². The summed E-state index contributed by atoms with van der Waals surface area (Å²) in [6.45, 7) is 2.34. The van der Waals surface area contributed by atoms with Crippen LogP contribution in [-0.4, -0.2) is 12.6 Å². The summed E-state index contributed by atoms with van der Waals surface area (Å²) in [5, 5.41) is 0. The van der Waals surface area contributed by atoms with Crippen LogP contribution in [0.25, 0.3) is 0 Å². The molecule has 1 rings (SSSR count). The van der Waals surface area contributed by atoms with Gasteiger partial charge < -0.3 is 4.74 Å². The van der Waals surface area contributed by atoms with E-state index in [4.69, 9.17) is 4.74 Å². The van der Waals surface area contributed by atoms with Crippen LogP contribution in [0, 0.1) is 0 Å². The Morgan fingerprint density at radius 3 is 2.93 bits per heavy atom. The van der Waals surface area contributed by atoms with Gasteiger partial charge in [0.05, 0.1) is 6.61 Å². The highest BCUT2D eigenvalue weighted by Crippen LogP contribution is 2.16. The van der Waals surface area contributed by atoms with E-state index in [1.807, 2.05) is 6.92 Å². The molecular formula is C13H20O2. The van der Waals surface area contributed by atoms with Crippen molar-refractivity contribution in [3.05, 3.63) is 23.8 Å². The lowest BCUT2D eigenvalue weighted by Gasteiger charge is -2.02. The van der Waals surface area contributed by atoms with Gasteiger partial charge in [0, 0.05) is 6.42 Å². The maximum absolute atomic E-state index is 11.0. The van der Waals surface area contributed by atoms with Crippen LogP contribution in [0.15, 0.2) is 23.8 Å². The minimum absolute atomic E-state index is 0.0579. The molecule has 0 aliphatic heterocycles. The quantitative estimate of drug-likeness (QED) is 0.473. The van der Waals surface area contributed by atoms with Crippen molar-refractivity contribution < 1.29 is 9.53 Å². The van der Waals surface area contributed by atoms with Gasteiger partial charge in [0.1, 0.15) is 0 Å². The molecule has 1 aliphatic carbocycles. The largest absolute Gasteiger partial charge is 0.466 e. The normalized spacial score (nSPS) is 14.1. The SMILES string of the molecule is CCOC(=O)CCCCCC1=CCC=C1. The van der Waals surface area contributed by atoms with Crippen LogP contribution in [0.2, 0.25) is 0 Å². The Morgan fingerprint density at radius 2 is 2.27 bits per heavy atom. The van der Waals surface area contributed by atoms with Crippen LogP contribution < -0.4 is 0 Å². The Morgan fingerprint density at radius 1 is 1.40 bits per heavy atom. The van der Waals surface area contributed by atoms with Crippen LogP contribution in [0.5, 0.6) is 0 Å². The van der Waals surface area contributed by atoms with E-state index in [2.05, 4.69) is 18.2 Å². The first-order valence-corrected chi connectivity index (χ1v) is 5.84. The fourth-order valence-corrected chi connectivity index (χ4v) is 1.70. The number of carbonyl (C=O) groups is 1. The Kier molecular flexibility index (Phi) is 5.83. The molecule has 0 aromatic rings. The molecule has 2 nitrogen and oxygen atoms in total. The lowest BCUT2D eigenvalue weighted by atomic mass is 10.1. The fourth-order valence-electron chi connectivity index (χ4n) is 1.70. The molecule has 0 saturated heterocycles. The van der Waals surface area contributed by atoms with Gasteiger partial charge in [-0.05, 0) is 32.6 Å². The topological polar surface area (TPSA) is 26.3 Å². The van der Waals surface area contributed by atoms with E-state index in [9.17, 15) is 4.79 Å². The number of allylic oxidation sites excluding steroid dienone is 4. The third kappa shape index (κ3) is 5.40. The van der Waals surface area contributed by atoms with Crippen molar-refractivity contribution in [2.24, 2.45) is 0 Å². The Bertz CT molecular complexity index is 251. The van der Waals surface area contributed by atoms with Crippen molar-refractivity contribution in [1.29, 1.82) is 0 Å². The lowest BCUT2D eigenvalue weighted by molar-refractivity contribution is -0.143. The minimum Gasteiger partial charge on any atom is -0.466 e. The average molecular weight is 208 g/mol. The van der Waals surface area contributed by atoms with E-state index in [0.29, 0.717) is 13.0 Å². The van der Waals surface area contributed by atoms with Crippen LogP contribution >= 0.6 is 0 Å². The van der Waals surface area contributed by atoms with Crippen molar-refractivity contribution in [2.75, 3.05) is 6.61 Å². The predicted octanol–water partition coefficient (Wildman–Crippen LogP) is 3.39. The number of unbranched alkanes of at least 4 members (excludes halogenated alkanes) is 2. The highest BCUT2D eigenvalue weighted by Gasteiger charge is 2.01. The van der Waals surface area contributed by atoms with Gasteiger partial charge in [0.2, 0.25) is 0 Å². The van der Waals surface area contributed by atoms with Crippen LogP contribution in [-0.2, 0) is 9.53 Å². The van der Waals surface area contributed by atoms with Gasteiger partial charge >= 0.3 is 5.97 Å². The third-order valence-electron chi connectivity index (χ3n) is 2.50. The molecule has 0 spiro atoms. The highest BCUT2D eigenvalue weighted by atomic mass is 16.5. The second-order valence-electron chi connectivity index (χ2n) is 3.78. The zero-order valence-electron chi connectivity index (χ0n) is 9.50. The number of esters is 1. The summed E-state index contributed by atoms with van der Waals surface area (Å²) in [7, 11) is 0. The second kappa shape index (κ2) is 7.27. The van der Waals surface area contributed by atoms with Gasteiger partial charge in [-0.25, -0.2) is 0 Å². The van der Waals surface area contributed by atoms with E-state index in [-0.39, 0.29) is 5.97 Å². The van der Waals surface area contributed by atoms with Crippen LogP contribution in [0.4, 0.5) is 0 Å². The zero-order valence-corrected chi connectivity index (χ0v) is 9.50. The maximum atomic E-state index is 11.0. The summed E-state index contributed by atoms with van der Waals surface area (Å²) in [6.07, 6.45) is 12.7. The fraction of sp³-hybridized carbons (Fsp3) is 0.615. The van der Waals surface area contributed by atoms with Crippen molar-refractivity contribution in [3.63, 3.8) is 0 Å². The molecule has 0 bridgehead atoms. The van der Waals surface area contributed by atoms with E-state index in [0.717, 1.165) is 25.7 Å². The molecule has 1 aliphatic rings. The van der Waals surface area contributed by atoms with Crippen LogP contribution in [0.1, 0.15) is 45.4 Å². The summed E-state index contributed by atoms with van der Waals surface area (Å²) in [5.41, 5.74) is 1.45. The summed E-state index contributed by atoms with van der Waals surface area (Å²) < 4.78 is 4.86. The molecule has 0 unspecified atom stereocenters. The molecule has 0 heterocycles. The monoisotopic (exact) mass is 208 g/mol. The first kappa shape index (κ1) is 12.0. The van der Waals surface area contributed by atoms with Crippen molar-refractivity contribution in [3.8, 4) is 0 Å². The van der Waals surface area contributed by atoms with Gasteiger partial charge in [-0.3, -0.25) is 4.79 Å². The maximum Gasteiger partial charge on any atom is 0.305 e. The number of carbonyl (C=O) groups excluding carboxylic acids is 1. The molecule has 0 aromatic heterocycles. The molecular weight excluding hydrogens is 188 g/mol. The van der Waals surface area contributed by atoms with E-state index < -0.39 is 0 Å². The van der Waals surface area contributed by atoms with E-state index in [1.54, 1.807) is 0 Å². The molecule has 0 atom stereocenters. The molecule has 0 radical (unpaired) electrons. The molecule has 2 heteroatoms. The third-order valence-corrected chi connectivity index (χ3v) is 2.50. The molecule has 0 N–H and O–H groups in total. The molecule has 0 saturated carbocycles. The van der Waals surface area contributed by atoms with Gasteiger partial charge in [-0.1, -0.05) is 30.2 Å². The summed E-state index contributed by atoms with van der Waals surface area (Å²) in [4.78, 5) is 11.0. The first-order valence-electron chi connectivity index (χ1n) is 5.84. The van der Waals surface area contributed by atoms with Crippen molar-refractivity contribution in [2.45, 2.75) is 45.4 Å². The van der Waals surface area contributed by atoms with E-state index >= 15 is 0 Å². The Balaban J connectivity index is 1.93. The number of hydrogen-bond donors (Lipinski definition) is 0. The first-order chi connectivity index (χ1) is 7.33. The number of hydrogen-bond acceptors (Lipinski definition) is 2. The van der Waals surface area contributed by atoms with Gasteiger partial charge in [-0.2, -0.15) is 0 Å². The molecule has 15 heavy (non-hydrogen) atoms. The standard InChI is InChI=1S/C13H20O2/c1-2-15-13(14)11-5-3-4-8-12-9-6-7-10-12/h6,9-10H,2-5,7-8,11H2,1H3. The predicted molar refractivity (Wildman–Crippen MR) is 61.6 cm³/mol. The Hall–Kier alpha value is -1.05. The van der Waals surface area contributed by atoms with Crippen molar-refractivity contribution in [1.82, 2.24) is 0 Å². The smallest absolute Gasteiger partial charge is 0.305 e. The van der Waals surface area contributed by atoms with Crippen molar-refractivity contribution >= 4 is 5.97 Å². The lowest BCUT2D eigenvalue weighted by Crippen LogP contribution is -2.03. The summed E-state index contributed by atoms with van der Waals surface area (Å²) in [5.74, 6) is -0.0579. The Labute approximate surface area is 92.0 Å². The zero-order chi connectivity index (χ0) is 10.9. The molecule has 84 valence electrons. The second-order valence-corrected chi connectivity index (χ2v) is 3.78. The molecule has 0 fully saturated rings. The van der Waals surface area contributed by atoms with E-state index in [1.165, 1.54) is 12.0 Å². The molecule has 0 amide bonds. The molecule has 0 aromatic carbocycles. The van der Waals surface area contributed by atoms with Gasteiger partial charge in [0.15, 0.2) is 0 Å². The van der Waals surface area contributed by atoms with Crippen LogP contribution in [0.3, 0.4) is 0 Å². The summed E-state index contributed by atoms with van der Waals surface area (Å²) in [6, 6.07) is 0. The number of ether oxygens (including phenoxy) is 1. The minimum atomic E-state index is -0.0579. The number of rotatable bonds is 7. The average Bonchev–Trinajstić information content (AvgIpc) is 2.70. The highest BCUT2D eigenvalue weighted by molar-refractivity contribution is 5.69. The summed E-state index contributed by atoms with van der Waals surface area (Å²) >= 11 is 0.